The number of unbranched alkanes of at least 4 members (excludes halogenated alkanes) is 1. The third kappa shape index (κ3) is 5.39. The largest absolute Gasteiger partial charge is 0.0843 e. The minimum Gasteiger partial charge on any atom is -0.0843 e. The third-order valence-electron chi connectivity index (χ3n) is 4.45. The molecule has 0 aliphatic rings. The number of aryl methyl sites for hydroxylation is 1. The Morgan fingerprint density at radius 3 is 2.35 bits per heavy atom. The van der Waals surface area contributed by atoms with Crippen molar-refractivity contribution in [1.29, 1.82) is 0 Å². The van der Waals surface area contributed by atoms with Crippen LogP contribution in [-0.4, -0.2) is 0 Å². The molecule has 23 heavy (non-hydrogen) atoms. The summed E-state index contributed by atoms with van der Waals surface area (Å²) in [4.78, 5) is 0. The van der Waals surface area contributed by atoms with E-state index in [2.05, 4.69) is 57.2 Å². The van der Waals surface area contributed by atoms with Crippen LogP contribution in [0.3, 0.4) is 0 Å². The topological polar surface area (TPSA) is 0 Å². The molecule has 0 saturated heterocycles. The first-order chi connectivity index (χ1) is 11.1. The highest BCUT2D eigenvalue weighted by Gasteiger charge is 2.07. The third-order valence-corrected chi connectivity index (χ3v) is 4.69. The van der Waals surface area contributed by atoms with Gasteiger partial charge in [-0.15, -0.1) is 0 Å². The molecule has 0 aliphatic carbocycles. The summed E-state index contributed by atoms with van der Waals surface area (Å²) in [5.74, 6) is 0.407. The van der Waals surface area contributed by atoms with Crippen molar-refractivity contribution < 1.29 is 0 Å². The van der Waals surface area contributed by atoms with Crippen LogP contribution in [-0.2, 0) is 12.8 Å². The Balaban J connectivity index is 2.12. The van der Waals surface area contributed by atoms with Gasteiger partial charge in [0.15, 0.2) is 0 Å². The van der Waals surface area contributed by atoms with Crippen LogP contribution in [0.1, 0.15) is 67.7 Å². The smallest absolute Gasteiger partial charge is 0.0408 e. The average Bonchev–Trinajstić information content (AvgIpc) is 2.56. The second kappa shape index (κ2) is 9.13. The minimum absolute atomic E-state index is 0.407. The van der Waals surface area contributed by atoms with Crippen LogP contribution in [0.15, 0.2) is 42.5 Å². The van der Waals surface area contributed by atoms with Crippen LogP contribution >= 0.6 is 11.6 Å². The summed E-state index contributed by atoms with van der Waals surface area (Å²) < 4.78 is 0. The first-order valence-corrected chi connectivity index (χ1v) is 9.21. The van der Waals surface area contributed by atoms with E-state index in [1.165, 1.54) is 41.5 Å². The normalized spacial score (nSPS) is 12.3. The summed E-state index contributed by atoms with van der Waals surface area (Å²) in [6.07, 6.45) is 6.85. The van der Waals surface area contributed by atoms with Crippen molar-refractivity contribution in [3.8, 4) is 0 Å². The zero-order chi connectivity index (χ0) is 16.7. The van der Waals surface area contributed by atoms with Gasteiger partial charge in [0.25, 0.3) is 0 Å². The Kier molecular flexibility index (Phi) is 7.17. The number of rotatable bonds is 8. The number of benzene rings is 2. The number of halogens is 1. The molecule has 2 aromatic rings. The molecule has 1 heteroatoms. The molecule has 0 nitrogen and oxygen atoms in total. The summed E-state index contributed by atoms with van der Waals surface area (Å²) in [5.41, 5.74) is 5.50. The molecular formula is C22H28Cl. The van der Waals surface area contributed by atoms with Crippen LogP contribution in [0.25, 0.3) is 0 Å². The van der Waals surface area contributed by atoms with E-state index in [1.54, 1.807) is 0 Å². The van der Waals surface area contributed by atoms with Crippen molar-refractivity contribution in [2.75, 3.05) is 0 Å². The van der Waals surface area contributed by atoms with E-state index in [-0.39, 0.29) is 0 Å². The lowest BCUT2D eigenvalue weighted by Gasteiger charge is -2.13. The van der Waals surface area contributed by atoms with Gasteiger partial charge in [0.05, 0.1) is 0 Å². The molecule has 0 fully saturated rings. The zero-order valence-corrected chi connectivity index (χ0v) is 15.2. The lowest BCUT2D eigenvalue weighted by molar-refractivity contribution is 0.714. The monoisotopic (exact) mass is 327 g/mol. The molecule has 1 radical (unpaired) electrons. The van der Waals surface area contributed by atoms with Crippen LogP contribution in [0, 0.1) is 6.92 Å². The van der Waals surface area contributed by atoms with Gasteiger partial charge in [-0.05, 0) is 72.9 Å². The molecule has 0 aromatic heterocycles. The van der Waals surface area contributed by atoms with Crippen molar-refractivity contribution >= 4 is 11.6 Å². The van der Waals surface area contributed by atoms with Gasteiger partial charge in [-0.25, -0.2) is 0 Å². The Labute approximate surface area is 146 Å². The minimum atomic E-state index is 0.407. The first kappa shape index (κ1) is 18.1. The highest BCUT2D eigenvalue weighted by atomic mass is 35.5. The maximum atomic E-state index is 6.18. The quantitative estimate of drug-likeness (QED) is 0.490. The highest BCUT2D eigenvalue weighted by molar-refractivity contribution is 6.30. The second-order valence-corrected chi connectivity index (χ2v) is 6.86. The first-order valence-electron chi connectivity index (χ1n) is 8.83. The van der Waals surface area contributed by atoms with Crippen LogP contribution in [0.5, 0.6) is 0 Å². The fourth-order valence-electron chi connectivity index (χ4n) is 3.01. The van der Waals surface area contributed by atoms with Gasteiger partial charge in [-0.2, -0.15) is 0 Å². The van der Waals surface area contributed by atoms with Crippen molar-refractivity contribution in [2.45, 2.75) is 58.3 Å². The summed E-state index contributed by atoms with van der Waals surface area (Å²) in [5, 5.41) is 0.842. The molecule has 2 aromatic carbocycles. The maximum Gasteiger partial charge on any atom is 0.0408 e. The van der Waals surface area contributed by atoms with E-state index in [9.17, 15) is 0 Å². The molecule has 1 unspecified atom stereocenters. The fraction of sp³-hybridized carbons (Fsp3) is 0.409. The Morgan fingerprint density at radius 1 is 0.957 bits per heavy atom. The Hall–Kier alpha value is -1.27. The van der Waals surface area contributed by atoms with Crippen LogP contribution in [0.4, 0.5) is 0 Å². The predicted molar refractivity (Wildman–Crippen MR) is 102 cm³/mol. The van der Waals surface area contributed by atoms with Gasteiger partial charge in [0.1, 0.15) is 0 Å². The van der Waals surface area contributed by atoms with Gasteiger partial charge in [0, 0.05) is 5.02 Å². The van der Waals surface area contributed by atoms with E-state index in [0.29, 0.717) is 5.92 Å². The molecule has 2 rings (SSSR count). The van der Waals surface area contributed by atoms with Gasteiger partial charge in [-0.1, -0.05) is 68.6 Å². The van der Waals surface area contributed by atoms with Crippen molar-refractivity contribution in [3.05, 3.63) is 76.7 Å². The van der Waals surface area contributed by atoms with E-state index in [0.717, 1.165) is 24.3 Å². The molecule has 0 bridgehead atoms. The molecule has 0 N–H and O–H groups in total. The number of hydrogen-bond donors (Lipinski definition) is 0. The SMILES string of the molecule is [CH2]C(CCC)c1ccc(Cc2ccc(Cl)cc2CCCC)cc1. The van der Waals surface area contributed by atoms with Crippen molar-refractivity contribution in [1.82, 2.24) is 0 Å². The standard InChI is InChI=1S/C22H28Cl/c1-4-6-8-20-16-22(23)14-13-21(20)15-18-9-11-19(12-10-18)17(3)7-5-2/h9-14,16-17H,3-8,15H2,1-2H3. The molecular weight excluding hydrogens is 300 g/mol. The lowest BCUT2D eigenvalue weighted by atomic mass is 9.93. The van der Waals surface area contributed by atoms with Gasteiger partial charge in [-0.3, -0.25) is 0 Å². The molecule has 0 spiro atoms. The van der Waals surface area contributed by atoms with Crippen molar-refractivity contribution in [2.24, 2.45) is 0 Å². The molecule has 0 amide bonds. The summed E-state index contributed by atoms with van der Waals surface area (Å²) >= 11 is 6.18. The predicted octanol–water partition coefficient (Wildman–Crippen LogP) is 6.99. The molecule has 0 saturated carbocycles. The van der Waals surface area contributed by atoms with Gasteiger partial charge in [0.2, 0.25) is 0 Å². The Morgan fingerprint density at radius 2 is 1.70 bits per heavy atom. The fourth-order valence-corrected chi connectivity index (χ4v) is 3.20. The van der Waals surface area contributed by atoms with Gasteiger partial charge >= 0.3 is 0 Å². The molecule has 123 valence electrons. The van der Waals surface area contributed by atoms with Crippen LogP contribution in [0.2, 0.25) is 5.02 Å². The summed E-state index contributed by atoms with van der Waals surface area (Å²) in [7, 11) is 0. The van der Waals surface area contributed by atoms with E-state index < -0.39 is 0 Å². The van der Waals surface area contributed by atoms with E-state index in [1.807, 2.05) is 6.07 Å². The lowest BCUT2D eigenvalue weighted by Crippen LogP contribution is -1.98. The molecule has 0 aliphatic heterocycles. The molecule has 0 heterocycles. The summed E-state index contributed by atoms with van der Waals surface area (Å²) in [6.45, 7) is 8.70. The van der Waals surface area contributed by atoms with Crippen LogP contribution < -0.4 is 0 Å². The average molecular weight is 328 g/mol. The van der Waals surface area contributed by atoms with E-state index in [4.69, 9.17) is 11.6 Å². The summed E-state index contributed by atoms with van der Waals surface area (Å²) in [6, 6.07) is 15.3. The molecule has 1 atom stereocenters. The highest BCUT2D eigenvalue weighted by Crippen LogP contribution is 2.24. The Bertz CT molecular complexity index is 598. The zero-order valence-electron chi connectivity index (χ0n) is 14.4. The van der Waals surface area contributed by atoms with E-state index >= 15 is 0 Å². The van der Waals surface area contributed by atoms with Crippen molar-refractivity contribution in [3.63, 3.8) is 0 Å². The number of hydrogen-bond acceptors (Lipinski definition) is 0. The maximum absolute atomic E-state index is 6.18. The second-order valence-electron chi connectivity index (χ2n) is 6.42. The van der Waals surface area contributed by atoms with Gasteiger partial charge < -0.3 is 0 Å².